The summed E-state index contributed by atoms with van der Waals surface area (Å²) in [6.07, 6.45) is 2.11. The zero-order valence-corrected chi connectivity index (χ0v) is 9.54. The van der Waals surface area contributed by atoms with E-state index < -0.39 is 0 Å². The highest BCUT2D eigenvalue weighted by atomic mass is 16.5. The van der Waals surface area contributed by atoms with Crippen molar-refractivity contribution in [2.75, 3.05) is 33.4 Å². The molecule has 0 aromatic heterocycles. The number of ether oxygens (including phenoxy) is 1. The summed E-state index contributed by atoms with van der Waals surface area (Å²) in [5.74, 6) is -0.296. The minimum absolute atomic E-state index is 0.0568. The van der Waals surface area contributed by atoms with Crippen LogP contribution < -0.4 is 16.0 Å². The van der Waals surface area contributed by atoms with Crippen molar-refractivity contribution in [3.63, 3.8) is 0 Å². The van der Waals surface area contributed by atoms with Crippen LogP contribution >= 0.6 is 0 Å². The van der Waals surface area contributed by atoms with Crippen molar-refractivity contribution in [1.29, 1.82) is 0 Å². The van der Waals surface area contributed by atoms with Gasteiger partial charge >= 0.3 is 0 Å². The van der Waals surface area contributed by atoms with Crippen LogP contribution in [0.1, 0.15) is 12.8 Å². The molecule has 16 heavy (non-hydrogen) atoms. The number of rotatable bonds is 8. The summed E-state index contributed by atoms with van der Waals surface area (Å²) in [5, 5.41) is 8.22. The molecule has 0 atom stereocenters. The predicted octanol–water partition coefficient (Wildman–Crippen LogP) is -1.38. The van der Waals surface area contributed by atoms with Gasteiger partial charge in [0.15, 0.2) is 0 Å². The molecule has 0 radical (unpaired) electrons. The number of methoxy groups -OCH3 is 1. The van der Waals surface area contributed by atoms with Crippen LogP contribution in [0.3, 0.4) is 0 Å². The van der Waals surface area contributed by atoms with E-state index in [0.717, 1.165) is 12.8 Å². The molecule has 0 aromatic rings. The second-order valence-electron chi connectivity index (χ2n) is 3.79. The largest absolute Gasteiger partial charge is 0.383 e. The van der Waals surface area contributed by atoms with Gasteiger partial charge in [-0.3, -0.25) is 9.59 Å². The highest BCUT2D eigenvalue weighted by Crippen LogP contribution is 2.17. The van der Waals surface area contributed by atoms with Gasteiger partial charge < -0.3 is 20.7 Å². The highest BCUT2D eigenvalue weighted by Gasteiger charge is 2.22. The molecular formula is C10H19N3O3. The standard InChI is InChI=1S/C10H19N3O3/c1-16-5-4-11-6-9(14)12-7-10(15)13-8-2-3-8/h8,11H,2-7H2,1H3,(H,12,14)(H,13,15). The van der Waals surface area contributed by atoms with E-state index in [1.165, 1.54) is 0 Å². The fourth-order valence-corrected chi connectivity index (χ4v) is 1.12. The molecule has 2 amide bonds. The highest BCUT2D eigenvalue weighted by molar-refractivity contribution is 5.85. The van der Waals surface area contributed by atoms with E-state index in [1.54, 1.807) is 7.11 Å². The van der Waals surface area contributed by atoms with Crippen molar-refractivity contribution in [3.8, 4) is 0 Å². The van der Waals surface area contributed by atoms with E-state index in [-0.39, 0.29) is 24.9 Å². The van der Waals surface area contributed by atoms with Crippen molar-refractivity contribution < 1.29 is 14.3 Å². The number of carbonyl (C=O) groups excluding carboxylic acids is 2. The minimum atomic E-state index is -0.179. The fraction of sp³-hybridized carbons (Fsp3) is 0.800. The molecule has 1 aliphatic carbocycles. The molecular weight excluding hydrogens is 210 g/mol. The van der Waals surface area contributed by atoms with Crippen molar-refractivity contribution in [2.45, 2.75) is 18.9 Å². The molecule has 1 fully saturated rings. The van der Waals surface area contributed by atoms with E-state index in [9.17, 15) is 9.59 Å². The Morgan fingerprint density at radius 2 is 2.00 bits per heavy atom. The maximum absolute atomic E-state index is 11.2. The number of nitrogens with one attached hydrogen (secondary N) is 3. The van der Waals surface area contributed by atoms with Crippen LogP contribution in [-0.2, 0) is 14.3 Å². The lowest BCUT2D eigenvalue weighted by Crippen LogP contribution is -2.41. The molecule has 1 rings (SSSR count). The van der Waals surface area contributed by atoms with Gasteiger partial charge in [0.1, 0.15) is 0 Å². The van der Waals surface area contributed by atoms with Gasteiger partial charge in [0.25, 0.3) is 0 Å². The molecule has 6 nitrogen and oxygen atoms in total. The molecule has 0 aliphatic heterocycles. The van der Waals surface area contributed by atoms with E-state index in [0.29, 0.717) is 19.2 Å². The summed E-state index contributed by atoms with van der Waals surface area (Å²) < 4.78 is 4.81. The Bertz CT molecular complexity index is 241. The van der Waals surface area contributed by atoms with Crippen LogP contribution in [0, 0.1) is 0 Å². The van der Waals surface area contributed by atoms with E-state index in [2.05, 4.69) is 16.0 Å². The lowest BCUT2D eigenvalue weighted by molar-refractivity contribution is -0.125. The normalized spacial score (nSPS) is 14.6. The van der Waals surface area contributed by atoms with E-state index >= 15 is 0 Å². The summed E-state index contributed by atoms with van der Waals surface area (Å²) in [6, 6.07) is 0.337. The second-order valence-corrected chi connectivity index (χ2v) is 3.79. The first-order valence-electron chi connectivity index (χ1n) is 5.48. The predicted molar refractivity (Wildman–Crippen MR) is 58.9 cm³/mol. The summed E-state index contributed by atoms with van der Waals surface area (Å²) >= 11 is 0. The molecule has 0 bridgehead atoms. The Labute approximate surface area is 95.1 Å². The van der Waals surface area contributed by atoms with E-state index in [4.69, 9.17) is 4.74 Å². The third-order valence-corrected chi connectivity index (χ3v) is 2.16. The van der Waals surface area contributed by atoms with Gasteiger partial charge in [0, 0.05) is 19.7 Å². The molecule has 1 saturated carbocycles. The van der Waals surface area contributed by atoms with Crippen molar-refractivity contribution in [1.82, 2.24) is 16.0 Å². The molecule has 3 N–H and O–H groups in total. The smallest absolute Gasteiger partial charge is 0.239 e. The summed E-state index contributed by atoms with van der Waals surface area (Å²) in [5.41, 5.74) is 0. The maximum atomic E-state index is 11.2. The maximum Gasteiger partial charge on any atom is 0.239 e. The number of hydrogen-bond donors (Lipinski definition) is 3. The average molecular weight is 229 g/mol. The molecule has 0 spiro atoms. The van der Waals surface area contributed by atoms with Crippen LogP contribution in [0.4, 0.5) is 0 Å². The summed E-state index contributed by atoms with van der Waals surface area (Å²) in [4.78, 5) is 22.4. The van der Waals surface area contributed by atoms with Gasteiger partial charge in [-0.25, -0.2) is 0 Å². The van der Waals surface area contributed by atoms with Crippen LogP contribution in [-0.4, -0.2) is 51.2 Å². The van der Waals surface area contributed by atoms with Gasteiger partial charge in [-0.2, -0.15) is 0 Å². The Morgan fingerprint density at radius 1 is 1.25 bits per heavy atom. The monoisotopic (exact) mass is 229 g/mol. The number of hydrogen-bond acceptors (Lipinski definition) is 4. The lowest BCUT2D eigenvalue weighted by Gasteiger charge is -2.06. The van der Waals surface area contributed by atoms with Gasteiger partial charge in [-0.15, -0.1) is 0 Å². The third kappa shape index (κ3) is 6.36. The SMILES string of the molecule is COCCNCC(=O)NCC(=O)NC1CC1. The molecule has 1 aliphatic rings. The Hall–Kier alpha value is -1.14. The first-order chi connectivity index (χ1) is 7.72. The van der Waals surface area contributed by atoms with Crippen molar-refractivity contribution in [3.05, 3.63) is 0 Å². The Balaban J connectivity index is 1.94. The quantitative estimate of drug-likeness (QED) is 0.448. The molecule has 0 saturated heterocycles. The first kappa shape index (κ1) is 12.9. The lowest BCUT2D eigenvalue weighted by atomic mass is 10.5. The first-order valence-corrected chi connectivity index (χ1v) is 5.48. The Kier molecular flexibility index (Phi) is 5.81. The second kappa shape index (κ2) is 7.19. The topological polar surface area (TPSA) is 79.5 Å². The number of amides is 2. The Morgan fingerprint density at radius 3 is 2.62 bits per heavy atom. The number of carbonyl (C=O) groups is 2. The van der Waals surface area contributed by atoms with Gasteiger partial charge in [0.05, 0.1) is 19.7 Å². The molecule has 0 unspecified atom stereocenters. The zero-order valence-electron chi connectivity index (χ0n) is 9.54. The van der Waals surface area contributed by atoms with Gasteiger partial charge in [-0.1, -0.05) is 0 Å². The van der Waals surface area contributed by atoms with Crippen LogP contribution in [0.15, 0.2) is 0 Å². The van der Waals surface area contributed by atoms with Crippen LogP contribution in [0.2, 0.25) is 0 Å². The van der Waals surface area contributed by atoms with Crippen molar-refractivity contribution in [2.24, 2.45) is 0 Å². The van der Waals surface area contributed by atoms with Crippen LogP contribution in [0.25, 0.3) is 0 Å². The van der Waals surface area contributed by atoms with Gasteiger partial charge in [0.2, 0.25) is 11.8 Å². The minimum Gasteiger partial charge on any atom is -0.383 e. The third-order valence-electron chi connectivity index (χ3n) is 2.16. The van der Waals surface area contributed by atoms with Crippen LogP contribution in [0.5, 0.6) is 0 Å². The molecule has 0 aromatic carbocycles. The van der Waals surface area contributed by atoms with Gasteiger partial charge in [-0.05, 0) is 12.8 Å². The fourth-order valence-electron chi connectivity index (χ4n) is 1.12. The molecule has 6 heteroatoms. The molecule has 92 valence electrons. The zero-order chi connectivity index (χ0) is 11.8. The van der Waals surface area contributed by atoms with E-state index in [1.807, 2.05) is 0 Å². The average Bonchev–Trinajstić information content (AvgIpc) is 3.05. The molecule has 0 heterocycles. The van der Waals surface area contributed by atoms with Crippen molar-refractivity contribution >= 4 is 11.8 Å². The summed E-state index contributed by atoms with van der Waals surface area (Å²) in [7, 11) is 1.60. The summed E-state index contributed by atoms with van der Waals surface area (Å²) in [6.45, 7) is 1.45.